The van der Waals surface area contributed by atoms with Gasteiger partial charge in [0.1, 0.15) is 25.8 Å². The van der Waals surface area contributed by atoms with E-state index < -0.39 is 28.5 Å². The average molecular weight is 558 g/mol. The molecule has 1 aliphatic heterocycles. The molecule has 0 saturated heterocycles. The summed E-state index contributed by atoms with van der Waals surface area (Å²) in [5, 5.41) is 3.54. The number of sulfonamides is 1. The number of nitrogens with zero attached hydrogens (tertiary/aromatic N) is 2. The van der Waals surface area contributed by atoms with Crippen LogP contribution in [0.15, 0.2) is 36.4 Å². The van der Waals surface area contributed by atoms with Gasteiger partial charge in [0.05, 0.1) is 11.9 Å². The van der Waals surface area contributed by atoms with Crippen molar-refractivity contribution in [2.24, 2.45) is 0 Å². The molecule has 0 unspecified atom stereocenters. The maximum atomic E-state index is 13.6. The molecule has 2 amide bonds. The monoisotopic (exact) mass is 557 g/mol. The van der Waals surface area contributed by atoms with Crippen molar-refractivity contribution in [1.82, 2.24) is 10.2 Å². The molecule has 1 aliphatic rings. The van der Waals surface area contributed by atoms with Crippen molar-refractivity contribution in [3.8, 4) is 11.5 Å². The molecule has 12 heteroatoms. The fraction of sp³-hybridized carbons (Fsp3) is 0.417. The van der Waals surface area contributed by atoms with E-state index in [0.717, 1.165) is 10.6 Å². The maximum Gasteiger partial charge on any atom is 0.244 e. The van der Waals surface area contributed by atoms with Crippen LogP contribution >= 0.6 is 23.2 Å². The van der Waals surface area contributed by atoms with Gasteiger partial charge in [-0.25, -0.2) is 8.42 Å². The largest absolute Gasteiger partial charge is 0.486 e. The first kappa shape index (κ1) is 27.9. The van der Waals surface area contributed by atoms with Crippen LogP contribution in [-0.4, -0.2) is 63.2 Å². The minimum absolute atomic E-state index is 0.0275. The topological polar surface area (TPSA) is 105 Å². The number of anilines is 1. The first-order chi connectivity index (χ1) is 16.9. The van der Waals surface area contributed by atoms with Gasteiger partial charge in [0.25, 0.3) is 0 Å². The van der Waals surface area contributed by atoms with Gasteiger partial charge in [0, 0.05) is 28.7 Å². The maximum absolute atomic E-state index is 13.6. The van der Waals surface area contributed by atoms with E-state index >= 15 is 0 Å². The Labute approximate surface area is 221 Å². The van der Waals surface area contributed by atoms with Crippen LogP contribution in [0.1, 0.15) is 26.3 Å². The number of fused-ring (bicyclic) bond motifs is 1. The fourth-order valence-corrected chi connectivity index (χ4v) is 4.93. The molecule has 2 aromatic carbocycles. The third kappa shape index (κ3) is 6.96. The standard InChI is InChI=1S/C24H29Cl2N3O6S/c1-15(2)27-24(31)16(3)28(13-17-5-6-18(25)11-20(17)26)23(30)14-29(36(4,32)33)19-7-8-21-22(12-19)35-10-9-34-21/h5-8,11-12,15-16H,9-10,13-14H2,1-4H3,(H,27,31)/t16-/m0/s1. The Morgan fingerprint density at radius 3 is 2.31 bits per heavy atom. The number of amides is 2. The first-order valence-electron chi connectivity index (χ1n) is 11.3. The van der Waals surface area contributed by atoms with E-state index in [0.29, 0.717) is 40.3 Å². The van der Waals surface area contributed by atoms with Gasteiger partial charge in [-0.15, -0.1) is 0 Å². The number of nitrogens with one attached hydrogen (secondary N) is 1. The molecule has 3 rings (SSSR count). The molecule has 0 fully saturated rings. The van der Waals surface area contributed by atoms with E-state index in [4.69, 9.17) is 32.7 Å². The van der Waals surface area contributed by atoms with Crippen molar-refractivity contribution in [1.29, 1.82) is 0 Å². The normalized spacial score (nSPS) is 13.8. The molecule has 0 aliphatic carbocycles. The molecule has 36 heavy (non-hydrogen) atoms. The summed E-state index contributed by atoms with van der Waals surface area (Å²) in [6, 6.07) is 8.41. The van der Waals surface area contributed by atoms with Gasteiger partial charge < -0.3 is 19.7 Å². The molecular formula is C24H29Cl2N3O6S. The van der Waals surface area contributed by atoms with Gasteiger partial charge in [-0.3, -0.25) is 13.9 Å². The zero-order chi connectivity index (χ0) is 26.6. The first-order valence-corrected chi connectivity index (χ1v) is 13.9. The van der Waals surface area contributed by atoms with Gasteiger partial charge in [-0.2, -0.15) is 0 Å². The number of carbonyl (C=O) groups excluding carboxylic acids is 2. The summed E-state index contributed by atoms with van der Waals surface area (Å²) in [6.07, 6.45) is 1.01. The van der Waals surface area contributed by atoms with Crippen molar-refractivity contribution >= 4 is 50.7 Å². The second-order valence-corrected chi connectivity index (χ2v) is 11.4. The summed E-state index contributed by atoms with van der Waals surface area (Å²) in [6.45, 7) is 5.34. The lowest BCUT2D eigenvalue weighted by atomic mass is 10.1. The Hall–Kier alpha value is -2.69. The lowest BCUT2D eigenvalue weighted by molar-refractivity contribution is -0.139. The molecule has 196 valence electrons. The van der Waals surface area contributed by atoms with Crippen LogP contribution in [-0.2, 0) is 26.2 Å². The number of benzene rings is 2. The highest BCUT2D eigenvalue weighted by molar-refractivity contribution is 7.92. The van der Waals surface area contributed by atoms with Crippen molar-refractivity contribution < 1.29 is 27.5 Å². The minimum Gasteiger partial charge on any atom is -0.486 e. The van der Waals surface area contributed by atoms with Crippen LogP contribution in [0.4, 0.5) is 5.69 Å². The number of halogens is 2. The van der Waals surface area contributed by atoms with E-state index in [2.05, 4.69) is 5.32 Å². The molecule has 1 heterocycles. The second-order valence-electron chi connectivity index (χ2n) is 8.69. The SMILES string of the molecule is CC(C)NC(=O)[C@H](C)N(Cc1ccc(Cl)cc1Cl)C(=O)CN(c1ccc2c(c1)OCCO2)S(C)(=O)=O. The predicted octanol–water partition coefficient (Wildman–Crippen LogP) is 3.47. The van der Waals surface area contributed by atoms with Crippen LogP contribution in [0.5, 0.6) is 11.5 Å². The number of carbonyl (C=O) groups is 2. The molecule has 1 N–H and O–H groups in total. The minimum atomic E-state index is -3.88. The second kappa shape index (κ2) is 11.6. The molecule has 2 aromatic rings. The van der Waals surface area contributed by atoms with Gasteiger partial charge in [-0.05, 0) is 50.6 Å². The smallest absolute Gasteiger partial charge is 0.244 e. The molecule has 0 radical (unpaired) electrons. The summed E-state index contributed by atoms with van der Waals surface area (Å²) in [7, 11) is -3.88. The Morgan fingerprint density at radius 1 is 1.03 bits per heavy atom. The number of hydrogen-bond acceptors (Lipinski definition) is 6. The van der Waals surface area contributed by atoms with Crippen LogP contribution < -0.4 is 19.1 Å². The molecular weight excluding hydrogens is 529 g/mol. The highest BCUT2D eigenvalue weighted by atomic mass is 35.5. The molecule has 0 spiro atoms. The summed E-state index contributed by atoms with van der Waals surface area (Å²) >= 11 is 12.3. The Kier molecular flexibility index (Phi) is 8.97. The van der Waals surface area contributed by atoms with Gasteiger partial charge in [-0.1, -0.05) is 29.3 Å². The predicted molar refractivity (Wildman–Crippen MR) is 139 cm³/mol. The molecule has 1 atom stereocenters. The van der Waals surface area contributed by atoms with Crippen molar-refractivity contribution in [2.75, 3.05) is 30.3 Å². The van der Waals surface area contributed by atoms with Crippen molar-refractivity contribution in [3.05, 3.63) is 52.0 Å². The van der Waals surface area contributed by atoms with E-state index in [1.807, 2.05) is 0 Å². The molecule has 0 aromatic heterocycles. The van der Waals surface area contributed by atoms with E-state index in [-0.39, 0.29) is 24.2 Å². The van der Waals surface area contributed by atoms with Crippen molar-refractivity contribution in [2.45, 2.75) is 39.4 Å². The van der Waals surface area contributed by atoms with Crippen LogP contribution in [0.2, 0.25) is 10.0 Å². The highest BCUT2D eigenvalue weighted by Crippen LogP contribution is 2.35. The van der Waals surface area contributed by atoms with Gasteiger partial charge in [0.15, 0.2) is 11.5 Å². The molecule has 0 bridgehead atoms. The number of hydrogen-bond donors (Lipinski definition) is 1. The average Bonchev–Trinajstić information content (AvgIpc) is 2.80. The Bertz CT molecular complexity index is 1240. The van der Waals surface area contributed by atoms with E-state index in [1.54, 1.807) is 39.0 Å². The zero-order valence-electron chi connectivity index (χ0n) is 20.5. The van der Waals surface area contributed by atoms with Crippen LogP contribution in [0.3, 0.4) is 0 Å². The summed E-state index contributed by atoms with van der Waals surface area (Å²) < 4.78 is 37.5. The lowest BCUT2D eigenvalue weighted by Crippen LogP contribution is -2.52. The molecule has 9 nitrogen and oxygen atoms in total. The summed E-state index contributed by atoms with van der Waals surface area (Å²) in [4.78, 5) is 27.7. The summed E-state index contributed by atoms with van der Waals surface area (Å²) in [5.74, 6) is -0.0986. The third-order valence-corrected chi connectivity index (χ3v) is 7.17. The quantitative estimate of drug-likeness (QED) is 0.506. The Morgan fingerprint density at radius 2 is 1.69 bits per heavy atom. The number of ether oxygens (including phenoxy) is 2. The summed E-state index contributed by atoms with van der Waals surface area (Å²) in [5.41, 5.74) is 0.794. The number of rotatable bonds is 9. The van der Waals surface area contributed by atoms with E-state index in [9.17, 15) is 18.0 Å². The highest BCUT2D eigenvalue weighted by Gasteiger charge is 2.31. The van der Waals surface area contributed by atoms with Crippen molar-refractivity contribution in [3.63, 3.8) is 0 Å². The van der Waals surface area contributed by atoms with Gasteiger partial charge in [0.2, 0.25) is 21.8 Å². The lowest BCUT2D eigenvalue weighted by Gasteiger charge is -2.32. The van der Waals surface area contributed by atoms with Crippen LogP contribution in [0, 0.1) is 0 Å². The van der Waals surface area contributed by atoms with Crippen LogP contribution in [0.25, 0.3) is 0 Å². The fourth-order valence-electron chi connectivity index (χ4n) is 3.62. The Balaban J connectivity index is 1.94. The van der Waals surface area contributed by atoms with Gasteiger partial charge >= 0.3 is 0 Å². The third-order valence-electron chi connectivity index (χ3n) is 5.45. The zero-order valence-corrected chi connectivity index (χ0v) is 22.8. The molecule has 0 saturated carbocycles. The van der Waals surface area contributed by atoms with E-state index in [1.165, 1.54) is 23.1 Å².